The Morgan fingerprint density at radius 1 is 0.788 bits per heavy atom. The minimum absolute atomic E-state index is 0.00774. The first-order valence-electron chi connectivity index (χ1n) is 9.45. The molecule has 5 nitrogen and oxygen atoms in total. The van der Waals surface area contributed by atoms with Gasteiger partial charge in [-0.25, -0.2) is 23.1 Å². The summed E-state index contributed by atoms with van der Waals surface area (Å²) in [6, 6.07) is 10.4. The SMILES string of the molecule is Fc1ccc(-c2nc(Nc3n[nH]c4c(F)cc(F)cc34)c3ccccc3n2)c(C(F)(F)F)c1. The second-order valence-electron chi connectivity index (χ2n) is 7.11. The van der Waals surface area contributed by atoms with Gasteiger partial charge in [-0.15, -0.1) is 0 Å². The molecule has 5 rings (SSSR count). The Bertz CT molecular complexity index is 1530. The van der Waals surface area contributed by atoms with Crippen LogP contribution in [0.4, 0.5) is 38.0 Å². The molecule has 0 atom stereocenters. The number of hydrogen-bond acceptors (Lipinski definition) is 4. The van der Waals surface area contributed by atoms with Crippen LogP contribution in [0.15, 0.2) is 54.6 Å². The first-order valence-corrected chi connectivity index (χ1v) is 9.45. The molecular formula is C22H11F6N5. The molecule has 0 aliphatic heterocycles. The third kappa shape index (κ3) is 3.71. The van der Waals surface area contributed by atoms with Gasteiger partial charge < -0.3 is 5.32 Å². The Labute approximate surface area is 181 Å². The van der Waals surface area contributed by atoms with Gasteiger partial charge in [0, 0.05) is 17.0 Å². The summed E-state index contributed by atoms with van der Waals surface area (Å²) in [6.07, 6.45) is -4.85. The molecule has 0 saturated heterocycles. The van der Waals surface area contributed by atoms with Gasteiger partial charge in [-0.2, -0.15) is 18.3 Å². The van der Waals surface area contributed by atoms with Crippen LogP contribution in [0.2, 0.25) is 0 Å². The average molecular weight is 459 g/mol. The number of benzene rings is 3. The predicted molar refractivity (Wildman–Crippen MR) is 109 cm³/mol. The van der Waals surface area contributed by atoms with Crippen molar-refractivity contribution in [2.45, 2.75) is 6.18 Å². The molecule has 166 valence electrons. The quantitative estimate of drug-likeness (QED) is 0.309. The lowest BCUT2D eigenvalue weighted by Gasteiger charge is -2.14. The van der Waals surface area contributed by atoms with Crippen LogP contribution in [0.1, 0.15) is 5.56 Å². The molecule has 0 amide bonds. The van der Waals surface area contributed by atoms with Crippen molar-refractivity contribution in [2.75, 3.05) is 5.32 Å². The molecule has 33 heavy (non-hydrogen) atoms. The molecule has 0 unspecified atom stereocenters. The number of halogens is 6. The molecular weight excluding hydrogens is 448 g/mol. The van der Waals surface area contributed by atoms with Crippen LogP contribution < -0.4 is 5.32 Å². The Morgan fingerprint density at radius 3 is 2.36 bits per heavy atom. The van der Waals surface area contributed by atoms with Gasteiger partial charge in [0.05, 0.1) is 16.5 Å². The Kier molecular flexibility index (Phi) is 4.69. The zero-order valence-corrected chi connectivity index (χ0v) is 16.3. The number of fused-ring (bicyclic) bond motifs is 2. The number of H-pyrrole nitrogens is 1. The number of hydrogen-bond donors (Lipinski definition) is 2. The maximum atomic E-state index is 14.0. The largest absolute Gasteiger partial charge is 0.417 e. The van der Waals surface area contributed by atoms with Crippen LogP contribution >= 0.6 is 0 Å². The van der Waals surface area contributed by atoms with Crippen LogP contribution in [-0.2, 0) is 6.18 Å². The second-order valence-corrected chi connectivity index (χ2v) is 7.11. The van der Waals surface area contributed by atoms with E-state index in [2.05, 4.69) is 25.5 Å². The van der Waals surface area contributed by atoms with Crippen molar-refractivity contribution in [3.05, 3.63) is 77.6 Å². The molecule has 0 saturated carbocycles. The van der Waals surface area contributed by atoms with Gasteiger partial charge in [0.15, 0.2) is 17.5 Å². The molecule has 2 N–H and O–H groups in total. The van der Waals surface area contributed by atoms with E-state index in [1.807, 2.05) is 0 Å². The highest BCUT2D eigenvalue weighted by molar-refractivity contribution is 5.97. The number of alkyl halides is 3. The number of para-hydroxylation sites is 1. The molecule has 0 fully saturated rings. The fourth-order valence-corrected chi connectivity index (χ4v) is 3.49. The fourth-order valence-electron chi connectivity index (χ4n) is 3.49. The third-order valence-corrected chi connectivity index (χ3v) is 4.96. The average Bonchev–Trinajstić information content (AvgIpc) is 3.16. The Hall–Kier alpha value is -4.15. The summed E-state index contributed by atoms with van der Waals surface area (Å²) < 4.78 is 82.0. The summed E-state index contributed by atoms with van der Waals surface area (Å²) >= 11 is 0. The van der Waals surface area contributed by atoms with Gasteiger partial charge in [-0.3, -0.25) is 5.10 Å². The van der Waals surface area contributed by atoms with Crippen molar-refractivity contribution >= 4 is 33.4 Å². The van der Waals surface area contributed by atoms with E-state index in [4.69, 9.17) is 0 Å². The summed E-state index contributed by atoms with van der Waals surface area (Å²) in [5.74, 6) is -3.02. The highest BCUT2D eigenvalue weighted by Crippen LogP contribution is 2.38. The van der Waals surface area contributed by atoms with E-state index in [1.54, 1.807) is 24.3 Å². The van der Waals surface area contributed by atoms with Crippen molar-refractivity contribution < 1.29 is 26.3 Å². The van der Waals surface area contributed by atoms with Crippen molar-refractivity contribution in [3.63, 3.8) is 0 Å². The van der Waals surface area contributed by atoms with Crippen LogP contribution in [-0.4, -0.2) is 20.2 Å². The van der Waals surface area contributed by atoms with Gasteiger partial charge in [0.1, 0.15) is 23.0 Å². The van der Waals surface area contributed by atoms with Gasteiger partial charge in [-0.05, 0) is 36.4 Å². The lowest BCUT2D eigenvalue weighted by Crippen LogP contribution is -2.09. The molecule has 3 aromatic carbocycles. The third-order valence-electron chi connectivity index (χ3n) is 4.96. The number of anilines is 2. The van der Waals surface area contributed by atoms with E-state index in [9.17, 15) is 26.3 Å². The fraction of sp³-hybridized carbons (Fsp3) is 0.0455. The van der Waals surface area contributed by atoms with E-state index in [1.165, 1.54) is 0 Å². The van der Waals surface area contributed by atoms with Crippen LogP contribution in [0.5, 0.6) is 0 Å². The first-order chi connectivity index (χ1) is 15.7. The van der Waals surface area contributed by atoms with Crippen molar-refractivity contribution in [1.82, 2.24) is 20.2 Å². The highest BCUT2D eigenvalue weighted by Gasteiger charge is 2.35. The lowest BCUT2D eigenvalue weighted by molar-refractivity contribution is -0.137. The molecule has 11 heteroatoms. The topological polar surface area (TPSA) is 66.5 Å². The van der Waals surface area contributed by atoms with Gasteiger partial charge in [-0.1, -0.05) is 12.1 Å². The summed E-state index contributed by atoms with van der Waals surface area (Å²) in [4.78, 5) is 8.42. The van der Waals surface area contributed by atoms with Crippen LogP contribution in [0.25, 0.3) is 33.2 Å². The van der Waals surface area contributed by atoms with Gasteiger partial charge in [0.2, 0.25) is 0 Å². The Morgan fingerprint density at radius 2 is 1.58 bits per heavy atom. The number of nitrogens with one attached hydrogen (secondary N) is 2. The number of nitrogens with zero attached hydrogens (tertiary/aromatic N) is 3. The lowest BCUT2D eigenvalue weighted by atomic mass is 10.1. The second kappa shape index (κ2) is 7.47. The summed E-state index contributed by atoms with van der Waals surface area (Å²) in [5.41, 5.74) is -1.44. The molecule has 0 spiro atoms. The van der Waals surface area contributed by atoms with Crippen molar-refractivity contribution in [1.29, 1.82) is 0 Å². The molecule has 0 aliphatic carbocycles. The molecule has 2 heterocycles. The van der Waals surface area contributed by atoms with Crippen molar-refractivity contribution in [3.8, 4) is 11.4 Å². The monoisotopic (exact) mass is 459 g/mol. The number of aromatic nitrogens is 4. The molecule has 0 radical (unpaired) electrons. The van der Waals surface area contributed by atoms with Crippen molar-refractivity contribution in [2.24, 2.45) is 0 Å². The smallest absolute Gasteiger partial charge is 0.322 e. The first kappa shape index (κ1) is 20.7. The molecule has 5 aromatic rings. The minimum Gasteiger partial charge on any atom is -0.322 e. The summed E-state index contributed by atoms with van der Waals surface area (Å²) in [5, 5.41) is 9.70. The predicted octanol–water partition coefficient (Wildman–Crippen LogP) is 6.35. The maximum Gasteiger partial charge on any atom is 0.417 e. The van der Waals surface area contributed by atoms with E-state index < -0.39 is 34.8 Å². The standard InChI is InChI=1S/C22H11F6N5/c23-10-5-6-12(15(8-10)22(26,27)28)19-29-17-4-2-1-3-13(17)20(30-19)31-21-14-7-11(24)9-16(25)18(14)32-33-21/h1-9H,(H2,29,30,31,32,33). The molecule has 0 bridgehead atoms. The Balaban J connectivity index is 1.71. The summed E-state index contributed by atoms with van der Waals surface area (Å²) in [7, 11) is 0. The van der Waals surface area contributed by atoms with E-state index >= 15 is 0 Å². The molecule has 2 aromatic heterocycles. The van der Waals surface area contributed by atoms with E-state index in [0.29, 0.717) is 23.0 Å². The van der Waals surface area contributed by atoms with E-state index in [0.717, 1.165) is 18.2 Å². The maximum absolute atomic E-state index is 14.0. The number of aromatic amines is 1. The van der Waals surface area contributed by atoms with Crippen LogP contribution in [0, 0.1) is 17.5 Å². The van der Waals surface area contributed by atoms with E-state index in [-0.39, 0.29) is 28.4 Å². The van der Waals surface area contributed by atoms with Gasteiger partial charge >= 0.3 is 6.18 Å². The highest BCUT2D eigenvalue weighted by atomic mass is 19.4. The van der Waals surface area contributed by atoms with Crippen LogP contribution in [0.3, 0.4) is 0 Å². The zero-order valence-electron chi connectivity index (χ0n) is 16.3. The number of rotatable bonds is 3. The normalized spacial score (nSPS) is 11.9. The minimum atomic E-state index is -4.85. The summed E-state index contributed by atoms with van der Waals surface area (Å²) in [6.45, 7) is 0. The molecule has 0 aliphatic rings. The van der Waals surface area contributed by atoms with Gasteiger partial charge in [0.25, 0.3) is 0 Å². The zero-order chi connectivity index (χ0) is 23.3.